The van der Waals surface area contributed by atoms with E-state index in [2.05, 4.69) is 42.9 Å². The van der Waals surface area contributed by atoms with Crippen LogP contribution in [0.25, 0.3) is 0 Å². The first-order chi connectivity index (χ1) is 9.79. The van der Waals surface area contributed by atoms with Gasteiger partial charge in [-0.1, -0.05) is 13.8 Å². The molecule has 1 aliphatic rings. The molecule has 5 heteroatoms. The minimum atomic E-state index is 0.0379. The summed E-state index contributed by atoms with van der Waals surface area (Å²) < 4.78 is 0. The van der Waals surface area contributed by atoms with E-state index in [1.54, 1.807) is 19.0 Å². The summed E-state index contributed by atoms with van der Waals surface area (Å²) in [5, 5.41) is 3.40. The molecule has 1 N–H and O–H groups in total. The zero-order chi connectivity index (χ0) is 16.0. The maximum Gasteiger partial charge on any atom is 0.243 e. The lowest BCUT2D eigenvalue weighted by atomic mass is 9.97. The Kier molecular flexibility index (Phi) is 6.99. The number of amides is 1. The summed E-state index contributed by atoms with van der Waals surface area (Å²) in [7, 11) is 3.53. The number of guanidine groups is 1. The molecule has 5 nitrogen and oxygen atoms in total. The second kappa shape index (κ2) is 8.25. The SMILES string of the molecule is CC(C)CC1CCN(C(=NCC(=O)N(C)C)NC(C)C)C1. The molecule has 1 heterocycles. The van der Waals surface area contributed by atoms with E-state index in [-0.39, 0.29) is 12.5 Å². The molecule has 1 unspecified atom stereocenters. The molecule has 0 aromatic heterocycles. The third-order valence-electron chi connectivity index (χ3n) is 3.67. The van der Waals surface area contributed by atoms with Gasteiger partial charge in [0, 0.05) is 33.2 Å². The van der Waals surface area contributed by atoms with Gasteiger partial charge in [-0.3, -0.25) is 4.79 Å². The molecule has 1 fully saturated rings. The van der Waals surface area contributed by atoms with Crippen molar-refractivity contribution in [1.82, 2.24) is 15.1 Å². The van der Waals surface area contributed by atoms with Crippen molar-refractivity contribution in [3.05, 3.63) is 0 Å². The van der Waals surface area contributed by atoms with Crippen molar-refractivity contribution in [2.24, 2.45) is 16.8 Å². The van der Waals surface area contributed by atoms with Gasteiger partial charge < -0.3 is 15.1 Å². The Bertz CT molecular complexity index is 363. The monoisotopic (exact) mass is 296 g/mol. The van der Waals surface area contributed by atoms with Gasteiger partial charge in [0.1, 0.15) is 6.54 Å². The molecule has 1 amide bonds. The number of likely N-dealkylation sites (N-methyl/N-ethyl adjacent to an activating group) is 1. The van der Waals surface area contributed by atoms with Crippen LogP contribution in [0.15, 0.2) is 4.99 Å². The Hall–Kier alpha value is -1.26. The van der Waals surface area contributed by atoms with Crippen molar-refractivity contribution in [3.63, 3.8) is 0 Å². The zero-order valence-corrected chi connectivity index (χ0v) is 14.5. The minimum absolute atomic E-state index is 0.0379. The van der Waals surface area contributed by atoms with Gasteiger partial charge in [0.25, 0.3) is 0 Å². The quantitative estimate of drug-likeness (QED) is 0.621. The highest BCUT2D eigenvalue weighted by Crippen LogP contribution is 2.23. The topological polar surface area (TPSA) is 47.9 Å². The normalized spacial score (nSPS) is 19.5. The van der Waals surface area contributed by atoms with Gasteiger partial charge in [0.2, 0.25) is 5.91 Å². The number of nitrogens with zero attached hydrogens (tertiary/aromatic N) is 3. The van der Waals surface area contributed by atoms with Gasteiger partial charge in [0.15, 0.2) is 5.96 Å². The molecule has 0 radical (unpaired) electrons. The molecule has 1 atom stereocenters. The van der Waals surface area contributed by atoms with Crippen LogP contribution in [-0.2, 0) is 4.79 Å². The van der Waals surface area contributed by atoms with E-state index >= 15 is 0 Å². The van der Waals surface area contributed by atoms with Gasteiger partial charge in [0.05, 0.1) is 0 Å². The van der Waals surface area contributed by atoms with Crippen molar-refractivity contribution in [3.8, 4) is 0 Å². The molecule has 0 aliphatic carbocycles. The first kappa shape index (κ1) is 17.8. The lowest BCUT2D eigenvalue weighted by molar-refractivity contribution is -0.127. The first-order valence-electron chi connectivity index (χ1n) is 8.05. The van der Waals surface area contributed by atoms with E-state index in [9.17, 15) is 4.79 Å². The van der Waals surface area contributed by atoms with Crippen LogP contribution in [0.2, 0.25) is 0 Å². The Labute approximate surface area is 129 Å². The van der Waals surface area contributed by atoms with Crippen molar-refractivity contribution < 1.29 is 4.79 Å². The standard InChI is InChI=1S/C16H32N4O/c1-12(2)9-14-7-8-20(11-14)16(18-13(3)4)17-10-15(21)19(5)6/h12-14H,7-11H2,1-6H3,(H,17,18). The van der Waals surface area contributed by atoms with E-state index in [0.717, 1.165) is 30.9 Å². The number of nitrogens with one attached hydrogen (secondary N) is 1. The van der Waals surface area contributed by atoms with Gasteiger partial charge in [-0.15, -0.1) is 0 Å². The third-order valence-corrected chi connectivity index (χ3v) is 3.67. The summed E-state index contributed by atoms with van der Waals surface area (Å²) in [6.45, 7) is 11.1. The Morgan fingerprint density at radius 1 is 1.33 bits per heavy atom. The van der Waals surface area contributed by atoms with Crippen molar-refractivity contribution >= 4 is 11.9 Å². The van der Waals surface area contributed by atoms with Crippen molar-refractivity contribution in [1.29, 1.82) is 0 Å². The predicted octanol–water partition coefficient (Wildman–Crippen LogP) is 1.80. The van der Waals surface area contributed by atoms with Crippen LogP contribution in [0.3, 0.4) is 0 Å². The largest absolute Gasteiger partial charge is 0.354 e. The highest BCUT2D eigenvalue weighted by Gasteiger charge is 2.25. The van der Waals surface area contributed by atoms with Crippen LogP contribution < -0.4 is 5.32 Å². The van der Waals surface area contributed by atoms with Crippen LogP contribution in [0.4, 0.5) is 0 Å². The van der Waals surface area contributed by atoms with Gasteiger partial charge in [-0.05, 0) is 38.5 Å². The van der Waals surface area contributed by atoms with Crippen LogP contribution in [0.1, 0.15) is 40.5 Å². The number of rotatable bonds is 5. The number of aliphatic imine (C=N–C) groups is 1. The second-order valence-electron chi connectivity index (χ2n) is 6.96. The third kappa shape index (κ3) is 6.36. The molecule has 0 aromatic rings. The van der Waals surface area contributed by atoms with Crippen LogP contribution in [0.5, 0.6) is 0 Å². The Morgan fingerprint density at radius 3 is 2.52 bits per heavy atom. The molecule has 1 saturated heterocycles. The molecule has 122 valence electrons. The van der Waals surface area contributed by atoms with E-state index in [1.165, 1.54) is 12.8 Å². The summed E-state index contributed by atoms with van der Waals surface area (Å²) in [4.78, 5) is 20.1. The van der Waals surface area contributed by atoms with Crippen LogP contribution in [0, 0.1) is 11.8 Å². The van der Waals surface area contributed by atoms with Gasteiger partial charge in [-0.2, -0.15) is 0 Å². The molecule has 1 rings (SSSR count). The highest BCUT2D eigenvalue weighted by molar-refractivity contribution is 5.85. The maximum atomic E-state index is 11.7. The number of carbonyl (C=O) groups excluding carboxylic acids is 1. The van der Waals surface area contributed by atoms with Crippen molar-refractivity contribution in [2.45, 2.75) is 46.6 Å². The molecule has 21 heavy (non-hydrogen) atoms. The Morgan fingerprint density at radius 2 is 2.00 bits per heavy atom. The first-order valence-corrected chi connectivity index (χ1v) is 8.05. The Balaban J connectivity index is 2.66. The van der Waals surface area contributed by atoms with E-state index in [4.69, 9.17) is 0 Å². The molecular weight excluding hydrogens is 264 g/mol. The average molecular weight is 296 g/mol. The van der Waals surface area contributed by atoms with E-state index in [0.29, 0.717) is 6.04 Å². The summed E-state index contributed by atoms with van der Waals surface area (Å²) in [5.41, 5.74) is 0. The molecule has 0 spiro atoms. The molecular formula is C16H32N4O. The summed E-state index contributed by atoms with van der Waals surface area (Å²) in [6, 6.07) is 0.322. The zero-order valence-electron chi connectivity index (χ0n) is 14.5. The average Bonchev–Trinajstić information content (AvgIpc) is 2.80. The van der Waals surface area contributed by atoms with Crippen LogP contribution in [-0.4, -0.2) is 61.4 Å². The van der Waals surface area contributed by atoms with E-state index < -0.39 is 0 Å². The smallest absolute Gasteiger partial charge is 0.243 e. The van der Waals surface area contributed by atoms with Crippen molar-refractivity contribution in [2.75, 3.05) is 33.7 Å². The van der Waals surface area contributed by atoms with E-state index in [1.807, 2.05) is 0 Å². The molecule has 1 aliphatic heterocycles. The number of hydrogen-bond acceptors (Lipinski definition) is 2. The molecule has 0 aromatic carbocycles. The van der Waals surface area contributed by atoms with Gasteiger partial charge >= 0.3 is 0 Å². The molecule has 0 saturated carbocycles. The van der Waals surface area contributed by atoms with Gasteiger partial charge in [-0.25, -0.2) is 4.99 Å². The second-order valence-corrected chi connectivity index (χ2v) is 6.96. The lowest BCUT2D eigenvalue weighted by Crippen LogP contribution is -2.44. The maximum absolute atomic E-state index is 11.7. The summed E-state index contributed by atoms with van der Waals surface area (Å²) in [6.07, 6.45) is 2.49. The number of hydrogen-bond donors (Lipinski definition) is 1. The predicted molar refractivity (Wildman–Crippen MR) is 88.4 cm³/mol. The summed E-state index contributed by atoms with van der Waals surface area (Å²) in [5.74, 6) is 2.40. The number of likely N-dealkylation sites (tertiary alicyclic amines) is 1. The lowest BCUT2D eigenvalue weighted by Gasteiger charge is -2.24. The highest BCUT2D eigenvalue weighted by atomic mass is 16.2. The minimum Gasteiger partial charge on any atom is -0.354 e. The fourth-order valence-electron chi connectivity index (χ4n) is 2.66. The van der Waals surface area contributed by atoms with Crippen LogP contribution >= 0.6 is 0 Å². The number of carbonyl (C=O) groups is 1. The summed E-state index contributed by atoms with van der Waals surface area (Å²) >= 11 is 0. The fraction of sp³-hybridized carbons (Fsp3) is 0.875. The molecule has 0 bridgehead atoms. The fourth-order valence-corrected chi connectivity index (χ4v) is 2.66.